The summed E-state index contributed by atoms with van der Waals surface area (Å²) in [5.74, 6) is -0.239. The molecule has 2 aromatic heterocycles. The lowest BCUT2D eigenvalue weighted by Crippen LogP contribution is -2.12. The van der Waals surface area contributed by atoms with E-state index in [9.17, 15) is 4.39 Å². The van der Waals surface area contributed by atoms with Crippen molar-refractivity contribution < 1.29 is 4.39 Å². The number of hydrogen-bond acceptors (Lipinski definition) is 3. The van der Waals surface area contributed by atoms with Gasteiger partial charge in [-0.1, -0.05) is 28.1 Å². The highest BCUT2D eigenvalue weighted by Crippen LogP contribution is 2.30. The van der Waals surface area contributed by atoms with E-state index in [1.54, 1.807) is 28.7 Å². The number of anilines is 1. The van der Waals surface area contributed by atoms with Crippen LogP contribution in [0.2, 0.25) is 0 Å². The Labute approximate surface area is 139 Å². The van der Waals surface area contributed by atoms with Gasteiger partial charge in [0.15, 0.2) is 0 Å². The van der Waals surface area contributed by atoms with Crippen molar-refractivity contribution >= 4 is 44.3 Å². The molecule has 0 aliphatic carbocycles. The molecule has 0 fully saturated rings. The van der Waals surface area contributed by atoms with E-state index < -0.39 is 0 Å². The maximum Gasteiger partial charge on any atom is 0.147 e. The van der Waals surface area contributed by atoms with Crippen LogP contribution in [0.5, 0.6) is 0 Å². The van der Waals surface area contributed by atoms with Crippen molar-refractivity contribution in [3.63, 3.8) is 0 Å². The Morgan fingerprint density at radius 3 is 2.57 bits per heavy atom. The van der Waals surface area contributed by atoms with Crippen molar-refractivity contribution in [2.75, 3.05) is 5.32 Å². The topological polar surface area (TPSA) is 12.0 Å². The summed E-state index contributed by atoms with van der Waals surface area (Å²) in [7, 11) is 0. The molecule has 1 unspecified atom stereocenters. The first-order valence-corrected chi connectivity index (χ1v) is 9.05. The van der Waals surface area contributed by atoms with Crippen molar-refractivity contribution in [1.29, 1.82) is 0 Å². The molecule has 0 aliphatic rings. The Kier molecular flexibility index (Phi) is 4.73. The van der Waals surface area contributed by atoms with Crippen LogP contribution in [0, 0.1) is 5.82 Å². The van der Waals surface area contributed by atoms with Crippen LogP contribution in [-0.2, 0) is 6.42 Å². The Hall–Kier alpha value is -1.17. The van der Waals surface area contributed by atoms with Gasteiger partial charge in [-0.2, -0.15) is 0 Å². The molecule has 21 heavy (non-hydrogen) atoms. The lowest BCUT2D eigenvalue weighted by Gasteiger charge is -2.19. The van der Waals surface area contributed by atoms with Gasteiger partial charge in [0, 0.05) is 20.6 Å². The van der Waals surface area contributed by atoms with Gasteiger partial charge in [-0.05, 0) is 41.1 Å². The van der Waals surface area contributed by atoms with Gasteiger partial charge >= 0.3 is 0 Å². The number of thiophene rings is 2. The minimum absolute atomic E-state index is 0.0827. The highest BCUT2D eigenvalue weighted by Gasteiger charge is 2.16. The Bertz CT molecular complexity index is 695. The zero-order chi connectivity index (χ0) is 14.7. The highest BCUT2D eigenvalue weighted by molar-refractivity contribution is 9.10. The summed E-state index contributed by atoms with van der Waals surface area (Å²) in [6, 6.07) is 13.5. The van der Waals surface area contributed by atoms with Crippen LogP contribution in [-0.4, -0.2) is 0 Å². The van der Waals surface area contributed by atoms with E-state index >= 15 is 0 Å². The Morgan fingerprint density at radius 2 is 1.90 bits per heavy atom. The summed E-state index contributed by atoms with van der Waals surface area (Å²) in [6.45, 7) is 0. The van der Waals surface area contributed by atoms with Crippen LogP contribution in [0.25, 0.3) is 0 Å². The first-order valence-electron chi connectivity index (χ1n) is 6.50. The fourth-order valence-corrected chi connectivity index (χ4v) is 4.00. The number of halogens is 2. The molecule has 0 spiro atoms. The van der Waals surface area contributed by atoms with Gasteiger partial charge in [0.2, 0.25) is 0 Å². The molecule has 1 aromatic carbocycles. The summed E-state index contributed by atoms with van der Waals surface area (Å²) in [4.78, 5) is 2.50. The molecule has 0 saturated heterocycles. The van der Waals surface area contributed by atoms with Crippen LogP contribution >= 0.6 is 38.6 Å². The molecule has 0 aliphatic heterocycles. The van der Waals surface area contributed by atoms with Crippen LogP contribution in [0.1, 0.15) is 15.8 Å². The molecular weight excluding hydrogens is 369 g/mol. The second kappa shape index (κ2) is 6.73. The van der Waals surface area contributed by atoms with Crippen molar-refractivity contribution in [3.05, 3.63) is 73.3 Å². The number of hydrogen-bond donors (Lipinski definition) is 1. The molecular formula is C16H13BrFNS2. The second-order valence-electron chi connectivity index (χ2n) is 4.62. The zero-order valence-corrected chi connectivity index (χ0v) is 14.3. The third-order valence-corrected chi connectivity index (χ3v) is 5.51. The first-order chi connectivity index (χ1) is 10.2. The molecule has 3 aromatic rings. The zero-order valence-electron chi connectivity index (χ0n) is 11.1. The van der Waals surface area contributed by atoms with Crippen molar-refractivity contribution in [2.24, 2.45) is 0 Å². The van der Waals surface area contributed by atoms with Gasteiger partial charge in [-0.25, -0.2) is 4.39 Å². The normalized spacial score (nSPS) is 12.3. The molecule has 0 saturated carbocycles. The molecule has 0 bridgehead atoms. The molecule has 1 N–H and O–H groups in total. The van der Waals surface area contributed by atoms with E-state index in [1.807, 2.05) is 18.2 Å². The van der Waals surface area contributed by atoms with E-state index in [0.29, 0.717) is 5.69 Å². The van der Waals surface area contributed by atoms with E-state index in [2.05, 4.69) is 44.1 Å². The molecule has 3 rings (SSSR count). The third-order valence-electron chi connectivity index (χ3n) is 3.13. The molecule has 0 amide bonds. The lowest BCUT2D eigenvalue weighted by molar-refractivity contribution is 0.625. The first kappa shape index (κ1) is 14.8. The van der Waals surface area contributed by atoms with Crippen molar-refractivity contribution in [3.8, 4) is 0 Å². The quantitative estimate of drug-likeness (QED) is 0.562. The number of benzene rings is 1. The summed E-state index contributed by atoms with van der Waals surface area (Å²) >= 11 is 6.71. The van der Waals surface area contributed by atoms with E-state index in [0.717, 1.165) is 10.9 Å². The summed E-state index contributed by atoms with van der Waals surface area (Å²) in [5, 5.41) is 7.46. The fourth-order valence-electron chi connectivity index (χ4n) is 2.14. The Morgan fingerprint density at radius 1 is 1.10 bits per heavy atom. The largest absolute Gasteiger partial charge is 0.375 e. The number of rotatable bonds is 5. The summed E-state index contributed by atoms with van der Waals surface area (Å²) in [6.07, 6.45) is 0.855. The van der Waals surface area contributed by atoms with E-state index in [-0.39, 0.29) is 11.9 Å². The second-order valence-corrected chi connectivity index (χ2v) is 7.55. The predicted octanol–water partition coefficient (Wildman–Crippen LogP) is 6.11. The summed E-state index contributed by atoms with van der Waals surface area (Å²) in [5.41, 5.74) is 0.535. The van der Waals surface area contributed by atoms with Crippen LogP contribution < -0.4 is 5.32 Å². The molecule has 5 heteroatoms. The van der Waals surface area contributed by atoms with Gasteiger partial charge in [0.05, 0.1) is 11.7 Å². The summed E-state index contributed by atoms with van der Waals surface area (Å²) < 4.78 is 14.8. The van der Waals surface area contributed by atoms with Crippen LogP contribution in [0.4, 0.5) is 10.1 Å². The van der Waals surface area contributed by atoms with Gasteiger partial charge in [-0.15, -0.1) is 22.7 Å². The van der Waals surface area contributed by atoms with Gasteiger partial charge in [0.25, 0.3) is 0 Å². The minimum atomic E-state index is -0.239. The van der Waals surface area contributed by atoms with E-state index in [4.69, 9.17) is 0 Å². The highest BCUT2D eigenvalue weighted by atomic mass is 79.9. The molecule has 1 atom stereocenters. The van der Waals surface area contributed by atoms with Gasteiger partial charge in [-0.3, -0.25) is 0 Å². The molecule has 1 nitrogen and oxygen atoms in total. The smallest absolute Gasteiger partial charge is 0.147 e. The Balaban J connectivity index is 1.85. The van der Waals surface area contributed by atoms with Gasteiger partial charge in [0.1, 0.15) is 5.82 Å². The average molecular weight is 382 g/mol. The standard InChI is InChI=1S/C16H13BrFNS2/c17-11-5-6-14(13(18)9-11)19-15(16-4-2-8-21-16)10-12-3-1-7-20-12/h1-9,15,19H,10H2. The molecule has 108 valence electrons. The monoisotopic (exact) mass is 381 g/mol. The van der Waals surface area contributed by atoms with Crippen molar-refractivity contribution in [1.82, 2.24) is 0 Å². The number of nitrogens with one attached hydrogen (secondary N) is 1. The SMILES string of the molecule is Fc1cc(Br)ccc1NC(Cc1cccs1)c1cccs1. The molecule has 0 radical (unpaired) electrons. The third kappa shape index (κ3) is 3.73. The maximum absolute atomic E-state index is 14.0. The average Bonchev–Trinajstić information content (AvgIpc) is 3.13. The fraction of sp³-hybridized carbons (Fsp3) is 0.125. The predicted molar refractivity (Wildman–Crippen MR) is 92.8 cm³/mol. The minimum Gasteiger partial charge on any atom is -0.375 e. The van der Waals surface area contributed by atoms with Crippen molar-refractivity contribution in [2.45, 2.75) is 12.5 Å². The van der Waals surface area contributed by atoms with E-state index in [1.165, 1.54) is 15.8 Å². The van der Waals surface area contributed by atoms with Gasteiger partial charge < -0.3 is 5.32 Å². The molecule has 2 heterocycles. The van der Waals surface area contributed by atoms with Crippen LogP contribution in [0.15, 0.2) is 57.7 Å². The lowest BCUT2D eigenvalue weighted by atomic mass is 10.1. The van der Waals surface area contributed by atoms with Crippen LogP contribution in [0.3, 0.4) is 0 Å². The maximum atomic E-state index is 14.0.